The highest BCUT2D eigenvalue weighted by atomic mass is 16.5. The number of carbonyl (C=O) groups excluding carboxylic acids is 2. The summed E-state index contributed by atoms with van der Waals surface area (Å²) in [4.78, 5) is 25.2. The topological polar surface area (TPSA) is 101 Å². The maximum atomic E-state index is 12.3. The van der Waals surface area contributed by atoms with E-state index in [2.05, 4.69) is 10.2 Å². The molecule has 3 N–H and O–H groups in total. The molecule has 20 heavy (non-hydrogen) atoms. The molecule has 110 valence electrons. The lowest BCUT2D eigenvalue weighted by atomic mass is 10.2. The first kappa shape index (κ1) is 14.4. The fourth-order valence-corrected chi connectivity index (χ4v) is 2.05. The minimum absolute atomic E-state index is 0.0891. The molecule has 0 aliphatic heterocycles. The number of H-pyrrole nitrogens is 1. The van der Waals surface area contributed by atoms with E-state index in [1.165, 1.54) is 4.90 Å². The van der Waals surface area contributed by atoms with E-state index in [0.717, 1.165) is 18.5 Å². The first-order valence-corrected chi connectivity index (χ1v) is 6.87. The number of ether oxygens (including phenoxy) is 1. The second-order valence-corrected chi connectivity index (χ2v) is 4.80. The summed E-state index contributed by atoms with van der Waals surface area (Å²) in [5, 5.41) is 6.84. The highest BCUT2D eigenvalue weighted by Crippen LogP contribution is 2.42. The molecule has 1 fully saturated rings. The third kappa shape index (κ3) is 2.92. The van der Waals surface area contributed by atoms with Crippen LogP contribution in [0.4, 0.5) is 5.69 Å². The van der Waals surface area contributed by atoms with Gasteiger partial charge in [-0.25, -0.2) is 0 Å². The van der Waals surface area contributed by atoms with Crippen LogP contribution in [-0.4, -0.2) is 46.7 Å². The monoisotopic (exact) mass is 280 g/mol. The van der Waals surface area contributed by atoms with E-state index in [1.54, 1.807) is 13.8 Å². The molecule has 0 aromatic carbocycles. The van der Waals surface area contributed by atoms with Gasteiger partial charge in [0.05, 0.1) is 18.0 Å². The van der Waals surface area contributed by atoms with Crippen LogP contribution in [0.2, 0.25) is 0 Å². The predicted molar refractivity (Wildman–Crippen MR) is 73.2 cm³/mol. The van der Waals surface area contributed by atoms with Gasteiger partial charge in [-0.2, -0.15) is 5.10 Å². The molecule has 1 aromatic heterocycles. The molecular formula is C13H20N4O3. The fourth-order valence-electron chi connectivity index (χ4n) is 2.05. The Morgan fingerprint density at radius 2 is 2.15 bits per heavy atom. The number of aromatic amines is 1. The standard InChI is InChI=1S/C13H20N4O3/c1-3-17(7-9(18)20-4-2)13(19)12-10(14)11(15-16-12)8-5-6-8/h8H,3-7,14H2,1-2H3,(H,15,16). The third-order valence-corrected chi connectivity index (χ3v) is 3.32. The van der Waals surface area contributed by atoms with Crippen molar-refractivity contribution in [1.29, 1.82) is 0 Å². The Kier molecular flexibility index (Phi) is 4.26. The van der Waals surface area contributed by atoms with Crippen molar-refractivity contribution in [3.05, 3.63) is 11.4 Å². The van der Waals surface area contributed by atoms with Crippen LogP contribution in [0.15, 0.2) is 0 Å². The quantitative estimate of drug-likeness (QED) is 0.754. The highest BCUT2D eigenvalue weighted by molar-refractivity contribution is 5.99. The lowest BCUT2D eigenvalue weighted by Crippen LogP contribution is -2.36. The van der Waals surface area contributed by atoms with Crippen molar-refractivity contribution in [2.45, 2.75) is 32.6 Å². The first-order chi connectivity index (χ1) is 9.58. The zero-order chi connectivity index (χ0) is 14.7. The number of nitrogens with one attached hydrogen (secondary N) is 1. The van der Waals surface area contributed by atoms with E-state index in [4.69, 9.17) is 10.5 Å². The largest absolute Gasteiger partial charge is 0.465 e. The Hall–Kier alpha value is -2.05. The van der Waals surface area contributed by atoms with Crippen LogP contribution in [0.5, 0.6) is 0 Å². The van der Waals surface area contributed by atoms with Crippen molar-refractivity contribution >= 4 is 17.6 Å². The molecule has 0 radical (unpaired) electrons. The molecule has 0 spiro atoms. The number of rotatable bonds is 6. The molecule has 1 heterocycles. The summed E-state index contributed by atoms with van der Waals surface area (Å²) in [5.41, 5.74) is 7.40. The number of likely N-dealkylation sites (N-methyl/N-ethyl adjacent to an activating group) is 1. The molecule has 1 amide bonds. The van der Waals surface area contributed by atoms with Crippen LogP contribution in [0.1, 0.15) is 48.8 Å². The minimum atomic E-state index is -0.431. The molecule has 1 aliphatic rings. The molecule has 7 nitrogen and oxygen atoms in total. The summed E-state index contributed by atoms with van der Waals surface area (Å²) in [6.07, 6.45) is 2.14. The molecular weight excluding hydrogens is 260 g/mol. The van der Waals surface area contributed by atoms with Gasteiger partial charge in [0.2, 0.25) is 0 Å². The van der Waals surface area contributed by atoms with Crippen molar-refractivity contribution < 1.29 is 14.3 Å². The number of amides is 1. The van der Waals surface area contributed by atoms with Crippen LogP contribution >= 0.6 is 0 Å². The maximum absolute atomic E-state index is 12.3. The van der Waals surface area contributed by atoms with Crippen molar-refractivity contribution in [3.63, 3.8) is 0 Å². The van der Waals surface area contributed by atoms with E-state index in [-0.39, 0.29) is 18.1 Å². The second-order valence-electron chi connectivity index (χ2n) is 4.80. The molecule has 7 heteroatoms. The Morgan fingerprint density at radius 3 is 2.70 bits per heavy atom. The number of aromatic nitrogens is 2. The number of hydrogen-bond donors (Lipinski definition) is 2. The zero-order valence-corrected chi connectivity index (χ0v) is 11.8. The van der Waals surface area contributed by atoms with E-state index < -0.39 is 5.97 Å². The van der Waals surface area contributed by atoms with E-state index in [0.29, 0.717) is 24.8 Å². The van der Waals surface area contributed by atoms with E-state index in [9.17, 15) is 9.59 Å². The van der Waals surface area contributed by atoms with Gasteiger partial charge in [0.1, 0.15) is 6.54 Å². The molecule has 1 saturated carbocycles. The fraction of sp³-hybridized carbons (Fsp3) is 0.615. The number of hydrogen-bond acceptors (Lipinski definition) is 5. The van der Waals surface area contributed by atoms with Gasteiger partial charge in [0.25, 0.3) is 5.91 Å². The molecule has 0 atom stereocenters. The van der Waals surface area contributed by atoms with Crippen molar-refractivity contribution in [3.8, 4) is 0 Å². The summed E-state index contributed by atoms with van der Waals surface area (Å²) in [5.74, 6) is -0.385. The van der Waals surface area contributed by atoms with Gasteiger partial charge in [0.15, 0.2) is 5.69 Å². The van der Waals surface area contributed by atoms with Gasteiger partial charge in [-0.15, -0.1) is 0 Å². The predicted octanol–water partition coefficient (Wildman–Crippen LogP) is 0.895. The Labute approximate surface area is 117 Å². The maximum Gasteiger partial charge on any atom is 0.325 e. The molecule has 0 saturated heterocycles. The van der Waals surface area contributed by atoms with Gasteiger partial charge in [0, 0.05) is 12.5 Å². The van der Waals surface area contributed by atoms with Crippen LogP contribution in [-0.2, 0) is 9.53 Å². The minimum Gasteiger partial charge on any atom is -0.465 e. The molecule has 0 bridgehead atoms. The Morgan fingerprint density at radius 1 is 1.45 bits per heavy atom. The van der Waals surface area contributed by atoms with Gasteiger partial charge < -0.3 is 15.4 Å². The number of nitrogens with two attached hydrogens (primary N) is 1. The summed E-state index contributed by atoms with van der Waals surface area (Å²) in [6.45, 7) is 4.11. The smallest absolute Gasteiger partial charge is 0.325 e. The van der Waals surface area contributed by atoms with Crippen LogP contribution in [0, 0.1) is 0 Å². The number of esters is 1. The van der Waals surface area contributed by atoms with Gasteiger partial charge >= 0.3 is 5.97 Å². The lowest BCUT2D eigenvalue weighted by molar-refractivity contribution is -0.143. The number of anilines is 1. The Bertz CT molecular complexity index is 508. The third-order valence-electron chi connectivity index (χ3n) is 3.32. The molecule has 0 unspecified atom stereocenters. The number of carbonyl (C=O) groups is 2. The lowest BCUT2D eigenvalue weighted by Gasteiger charge is -2.18. The number of nitrogens with zero attached hydrogens (tertiary/aromatic N) is 2. The molecule has 1 aliphatic carbocycles. The van der Waals surface area contributed by atoms with Crippen LogP contribution < -0.4 is 5.73 Å². The zero-order valence-electron chi connectivity index (χ0n) is 11.8. The van der Waals surface area contributed by atoms with Crippen LogP contribution in [0.25, 0.3) is 0 Å². The normalized spacial score (nSPS) is 14.1. The Balaban J connectivity index is 2.09. The second kappa shape index (κ2) is 5.94. The van der Waals surface area contributed by atoms with Gasteiger partial charge in [-0.3, -0.25) is 14.7 Å². The summed E-state index contributed by atoms with van der Waals surface area (Å²) in [7, 11) is 0. The van der Waals surface area contributed by atoms with Crippen LogP contribution in [0.3, 0.4) is 0 Å². The van der Waals surface area contributed by atoms with E-state index >= 15 is 0 Å². The van der Waals surface area contributed by atoms with Crippen molar-refractivity contribution in [2.24, 2.45) is 0 Å². The first-order valence-electron chi connectivity index (χ1n) is 6.87. The molecule has 2 rings (SSSR count). The number of nitrogen functional groups attached to an aromatic ring is 1. The summed E-state index contributed by atoms with van der Waals surface area (Å²) in [6, 6.07) is 0. The average molecular weight is 280 g/mol. The van der Waals surface area contributed by atoms with Crippen molar-refractivity contribution in [2.75, 3.05) is 25.4 Å². The summed E-state index contributed by atoms with van der Waals surface area (Å²) >= 11 is 0. The van der Waals surface area contributed by atoms with Gasteiger partial charge in [-0.1, -0.05) is 0 Å². The summed E-state index contributed by atoms with van der Waals surface area (Å²) < 4.78 is 4.85. The average Bonchev–Trinajstić information content (AvgIpc) is 3.19. The highest BCUT2D eigenvalue weighted by Gasteiger charge is 2.31. The molecule has 1 aromatic rings. The van der Waals surface area contributed by atoms with Gasteiger partial charge in [-0.05, 0) is 26.7 Å². The van der Waals surface area contributed by atoms with E-state index in [1.807, 2.05) is 0 Å². The van der Waals surface area contributed by atoms with Crippen molar-refractivity contribution in [1.82, 2.24) is 15.1 Å². The SMILES string of the molecule is CCOC(=O)CN(CC)C(=O)c1n[nH]c(C2CC2)c1N.